The molecule has 2 atom stereocenters. The van der Waals surface area contributed by atoms with Crippen molar-refractivity contribution < 1.29 is 28.0 Å². The van der Waals surface area contributed by atoms with Gasteiger partial charge in [-0.2, -0.15) is 13.5 Å². The van der Waals surface area contributed by atoms with Crippen LogP contribution in [0.1, 0.15) is 17.5 Å². The maximum Gasteiger partial charge on any atom is 0.335 e. The molecule has 0 saturated carbocycles. The summed E-state index contributed by atoms with van der Waals surface area (Å²) in [6.07, 6.45) is 0.916. The summed E-state index contributed by atoms with van der Waals surface area (Å²) < 4.78 is 79.4. The van der Waals surface area contributed by atoms with Gasteiger partial charge in [0.05, 0.1) is 52.9 Å². The fraction of sp³-hybridized carbons (Fsp3) is 0.636. The Morgan fingerprint density at radius 3 is 1.21 bits per heavy atom. The van der Waals surface area contributed by atoms with E-state index < -0.39 is 30.2 Å². The normalized spacial score (nSPS) is 32.7. The molecular weight excluding hydrogens is 756 g/mol. The van der Waals surface area contributed by atoms with Gasteiger partial charge in [-0.3, -0.25) is 0 Å². The van der Waals surface area contributed by atoms with Gasteiger partial charge in [-0.25, -0.2) is 28.0 Å². The third-order valence-corrected chi connectivity index (χ3v) is 26.3. The van der Waals surface area contributed by atoms with Gasteiger partial charge in [-0.15, -0.1) is 4.52 Å². The second kappa shape index (κ2) is 14.8. The molecule has 0 amide bonds. The molecule has 4 fully saturated rings. The molecule has 8 aliphatic heterocycles. The van der Waals surface area contributed by atoms with Crippen molar-refractivity contribution in [3.05, 3.63) is 59.7 Å². The van der Waals surface area contributed by atoms with Crippen molar-refractivity contribution in [1.29, 1.82) is 0 Å². The van der Waals surface area contributed by atoms with E-state index in [0.717, 1.165) is 94.5 Å². The Balaban J connectivity index is 1.35. The minimum Gasteiger partial charge on any atom is -0.430 e. The molecule has 53 heavy (non-hydrogen) atoms. The van der Waals surface area contributed by atoms with E-state index in [4.69, 9.17) is 46.1 Å². The van der Waals surface area contributed by atoms with E-state index in [1.54, 1.807) is 0 Å². The maximum atomic E-state index is 7.46. The molecular formula is C33H50N10O6P4. The van der Waals surface area contributed by atoms with Gasteiger partial charge in [0, 0.05) is 89.7 Å². The number of benzene rings is 2. The van der Waals surface area contributed by atoms with Gasteiger partial charge in [0.2, 0.25) is 15.0 Å². The molecule has 2 aromatic rings. The first-order valence-electron chi connectivity index (χ1n) is 19.0. The van der Waals surface area contributed by atoms with E-state index in [-0.39, 0.29) is 0 Å². The van der Waals surface area contributed by atoms with Crippen molar-refractivity contribution in [2.24, 2.45) is 18.1 Å². The second-order valence-electron chi connectivity index (χ2n) is 14.2. The highest BCUT2D eigenvalue weighted by Crippen LogP contribution is 2.84. The molecule has 2 bridgehead atoms. The summed E-state index contributed by atoms with van der Waals surface area (Å²) in [6.45, 7) is 13.7. The van der Waals surface area contributed by atoms with Gasteiger partial charge in [0.1, 0.15) is 11.5 Å². The smallest absolute Gasteiger partial charge is 0.335 e. The summed E-state index contributed by atoms with van der Waals surface area (Å²) in [5.41, 5.74) is 2.31. The van der Waals surface area contributed by atoms with Gasteiger partial charge >= 0.3 is 15.2 Å². The van der Waals surface area contributed by atoms with Crippen molar-refractivity contribution in [3.63, 3.8) is 0 Å². The van der Waals surface area contributed by atoms with Gasteiger partial charge in [-0.05, 0) is 18.6 Å². The second-order valence-corrected chi connectivity index (χ2v) is 25.1. The van der Waals surface area contributed by atoms with Crippen LogP contribution in [0.4, 0.5) is 0 Å². The number of nitrogens with zero attached hydrogens (tertiary/aromatic N) is 10. The SMILES string of the molecule is c1ccc2c(c1)CN1CCCN3Cc4ccccc4OP34=NP(N3CCOCC3)(N3CCOCC3)=NP(N3CCOCC3)(N3CCOCC3)=NP1(=N4)O2. The first-order valence-corrected chi connectivity index (χ1v) is 25.4. The molecule has 8 aliphatic rings. The van der Waals surface area contributed by atoms with Crippen LogP contribution in [0.5, 0.6) is 11.5 Å². The van der Waals surface area contributed by atoms with Crippen LogP contribution in [-0.2, 0) is 32.0 Å². The standard InChI is InChI=1S/C33H50N10O6P4/c1-3-8-32-30(6-1)28-42-10-5-11-43-29-31-7-2-4-9-33(31)49-53(43)36-51(40-16-24-46-25-17-40,41-18-26-47-27-19-41)34-50(35-52(42,37-53)48-32,38-12-20-44-21-13-38)39-14-22-45-23-15-39/h1-4,6-9H,5,10-29H2. The average Bonchev–Trinajstić information content (AvgIpc) is 3.21. The van der Waals surface area contributed by atoms with E-state index in [0.29, 0.717) is 65.9 Å². The highest BCUT2D eigenvalue weighted by molar-refractivity contribution is 7.82. The highest BCUT2D eigenvalue weighted by atomic mass is 31.3. The van der Waals surface area contributed by atoms with E-state index in [1.165, 1.54) is 0 Å². The van der Waals surface area contributed by atoms with Crippen LogP contribution in [0, 0.1) is 0 Å². The van der Waals surface area contributed by atoms with Crippen molar-refractivity contribution in [3.8, 4) is 11.5 Å². The molecule has 4 saturated heterocycles. The molecule has 20 heteroatoms. The topological polar surface area (TPSA) is 124 Å². The summed E-state index contributed by atoms with van der Waals surface area (Å²) in [7, 11) is -12.5. The Labute approximate surface area is 312 Å². The molecule has 16 nitrogen and oxygen atoms in total. The Bertz CT molecular complexity index is 1780. The molecule has 288 valence electrons. The molecule has 0 aliphatic carbocycles. The molecule has 10 rings (SSSR count). The van der Waals surface area contributed by atoms with Crippen LogP contribution in [0.2, 0.25) is 0 Å². The molecule has 0 radical (unpaired) electrons. The van der Waals surface area contributed by atoms with Crippen LogP contribution >= 0.6 is 30.2 Å². The first kappa shape index (κ1) is 35.9. The number of hydrogen-bond donors (Lipinski definition) is 0. The number of ether oxygens (including phenoxy) is 4. The zero-order chi connectivity index (χ0) is 35.4. The lowest BCUT2D eigenvalue weighted by atomic mass is 10.2. The Kier molecular flexibility index (Phi) is 10.0. The summed E-state index contributed by atoms with van der Waals surface area (Å²) in [4.78, 5) is 0. The maximum absolute atomic E-state index is 7.46. The van der Waals surface area contributed by atoms with E-state index in [1.807, 2.05) is 0 Å². The van der Waals surface area contributed by atoms with E-state index in [2.05, 4.69) is 76.6 Å². The minimum absolute atomic E-state index is 0.620. The van der Waals surface area contributed by atoms with Crippen LogP contribution in [0.25, 0.3) is 0 Å². The highest BCUT2D eigenvalue weighted by Gasteiger charge is 2.54. The van der Waals surface area contributed by atoms with Crippen LogP contribution in [0.3, 0.4) is 0 Å². The summed E-state index contributed by atoms with van der Waals surface area (Å²) in [6, 6.07) is 16.8. The Morgan fingerprint density at radius 1 is 0.396 bits per heavy atom. The quantitative estimate of drug-likeness (QED) is 0.322. The van der Waals surface area contributed by atoms with Gasteiger partial charge in [0.25, 0.3) is 0 Å². The third-order valence-electron chi connectivity index (χ3n) is 11.1. The number of fused-ring (bicyclic) bond motifs is 2. The molecule has 8 heterocycles. The predicted molar refractivity (Wildman–Crippen MR) is 207 cm³/mol. The monoisotopic (exact) mass is 806 g/mol. The van der Waals surface area contributed by atoms with Gasteiger partial charge < -0.3 is 28.0 Å². The summed E-state index contributed by atoms with van der Waals surface area (Å²) in [5, 5.41) is 0. The lowest BCUT2D eigenvalue weighted by Gasteiger charge is -2.52. The van der Waals surface area contributed by atoms with E-state index >= 15 is 0 Å². The molecule has 0 N–H and O–H groups in total. The predicted octanol–water partition coefficient (Wildman–Crippen LogP) is 6.31. The van der Waals surface area contributed by atoms with Crippen molar-refractivity contribution in [2.75, 3.05) is 118 Å². The van der Waals surface area contributed by atoms with E-state index in [9.17, 15) is 0 Å². The fourth-order valence-electron chi connectivity index (χ4n) is 8.35. The third kappa shape index (κ3) is 6.39. The fourth-order valence-corrected chi connectivity index (χ4v) is 27.3. The molecule has 2 aromatic carbocycles. The van der Waals surface area contributed by atoms with Gasteiger partial charge in [0.15, 0.2) is 0 Å². The zero-order valence-corrected chi connectivity index (χ0v) is 33.8. The van der Waals surface area contributed by atoms with Crippen LogP contribution in [0.15, 0.2) is 66.6 Å². The van der Waals surface area contributed by atoms with Crippen LogP contribution < -0.4 is 9.05 Å². The van der Waals surface area contributed by atoms with Crippen molar-refractivity contribution >= 4 is 30.2 Å². The Hall–Kier alpha value is -1.44. The van der Waals surface area contributed by atoms with Crippen molar-refractivity contribution in [1.82, 2.24) is 28.0 Å². The number of para-hydroxylation sites is 2. The number of morpholine rings is 4. The molecule has 2 spiro atoms. The number of rotatable bonds is 4. The minimum atomic E-state index is -3.23. The number of hydrogen-bond acceptors (Lipinski definition) is 16. The summed E-state index contributed by atoms with van der Waals surface area (Å²) >= 11 is 0. The lowest BCUT2D eigenvalue weighted by molar-refractivity contribution is 0.0548. The zero-order valence-electron chi connectivity index (χ0n) is 30.2. The Morgan fingerprint density at radius 2 is 0.774 bits per heavy atom. The molecule has 0 aromatic heterocycles. The lowest BCUT2D eigenvalue weighted by Crippen LogP contribution is -2.45. The van der Waals surface area contributed by atoms with Crippen LogP contribution in [-0.4, -0.2) is 146 Å². The van der Waals surface area contributed by atoms with Gasteiger partial charge in [-0.1, -0.05) is 36.4 Å². The first-order chi connectivity index (χ1) is 26.1. The summed E-state index contributed by atoms with van der Waals surface area (Å²) in [5.74, 6) is 1.69. The molecule has 2 unspecified atom stereocenters. The average molecular weight is 807 g/mol. The van der Waals surface area contributed by atoms with Crippen molar-refractivity contribution in [2.45, 2.75) is 19.5 Å². The largest absolute Gasteiger partial charge is 0.430 e.